The summed E-state index contributed by atoms with van der Waals surface area (Å²) in [6.45, 7) is 2.00. The number of hydrogen-bond acceptors (Lipinski definition) is 12. The van der Waals surface area contributed by atoms with Gasteiger partial charge in [0.15, 0.2) is 0 Å². The molecule has 0 bridgehead atoms. The van der Waals surface area contributed by atoms with Crippen LogP contribution in [0.1, 0.15) is 47.3 Å². The Labute approximate surface area is 319 Å². The van der Waals surface area contributed by atoms with Crippen LogP contribution in [-0.2, 0) is 16.1 Å². The van der Waals surface area contributed by atoms with Crippen LogP contribution in [0.5, 0.6) is 0 Å². The van der Waals surface area contributed by atoms with E-state index in [2.05, 4.69) is 63.9 Å². The average Bonchev–Trinajstić information content (AvgIpc) is 3.52. The molecule has 5 heterocycles. The first-order valence-corrected chi connectivity index (χ1v) is 18.5. The molecule has 0 spiro atoms. The van der Waals surface area contributed by atoms with Crippen LogP contribution in [0, 0.1) is 0 Å². The van der Waals surface area contributed by atoms with Gasteiger partial charge in [0.2, 0.25) is 17.8 Å². The Morgan fingerprint density at radius 1 is 0.944 bits per heavy atom. The standard InChI is InChI=1S/C39H36BrN11O3/c40-29-4-2-6-31-36(29)47-32(21-44-31)23(19-41)20-43-24-14-17-50(18-15-24)26-9-7-25(8-10-26)45-39-42-16-13-34(48-39)46-30-5-1-3-27-28(30)22-51(38(27)54)33-11-12-35(52)49-37(33)53/h1-10,13,16,19-21,24,33H,11-12,14-15,17-18,22,41H2,(H,49,52,53)(H2,42,45,46,48). The van der Waals surface area contributed by atoms with E-state index in [9.17, 15) is 14.4 Å². The molecule has 5 aromatic rings. The van der Waals surface area contributed by atoms with Gasteiger partial charge in [-0.05, 0) is 89.8 Å². The summed E-state index contributed by atoms with van der Waals surface area (Å²) in [5.74, 6) is -0.0323. The fraction of sp³-hybridized carbons (Fsp3) is 0.231. The molecular formula is C39H36BrN11O3. The number of nitrogens with zero attached hydrogens (tertiary/aromatic N) is 7. The molecule has 1 atom stereocenters. The van der Waals surface area contributed by atoms with Gasteiger partial charge in [0.05, 0.1) is 23.4 Å². The SMILES string of the molecule is NC=C(C=NC1CCN(c2ccc(Nc3nccc(Nc4cccc5c4CN(C4CCC(=O)NC4=O)C5=O)n3)cc2)CC1)c1cnc2cccc(Br)c2n1. The number of nitrogens with one attached hydrogen (secondary N) is 3. The van der Waals surface area contributed by atoms with E-state index in [1.165, 1.54) is 11.1 Å². The van der Waals surface area contributed by atoms with Crippen molar-refractivity contribution >= 4 is 85.3 Å². The quantitative estimate of drug-likeness (QED) is 0.110. The summed E-state index contributed by atoms with van der Waals surface area (Å²) in [5, 5.41) is 8.95. The number of imide groups is 1. The highest BCUT2D eigenvalue weighted by Crippen LogP contribution is 2.34. The Morgan fingerprint density at radius 3 is 2.56 bits per heavy atom. The lowest BCUT2D eigenvalue weighted by Gasteiger charge is -2.32. The zero-order valence-electron chi connectivity index (χ0n) is 29.1. The molecule has 14 nitrogen and oxygen atoms in total. The molecule has 5 N–H and O–H groups in total. The fourth-order valence-electron chi connectivity index (χ4n) is 7.01. The van der Waals surface area contributed by atoms with Gasteiger partial charge in [-0.15, -0.1) is 0 Å². The maximum absolute atomic E-state index is 13.2. The maximum atomic E-state index is 13.2. The van der Waals surface area contributed by atoms with Gasteiger partial charge in [-0.1, -0.05) is 12.1 Å². The van der Waals surface area contributed by atoms with Gasteiger partial charge in [0, 0.05) is 82.9 Å². The number of para-hydroxylation sites is 1. The van der Waals surface area contributed by atoms with E-state index < -0.39 is 11.9 Å². The molecule has 3 amide bonds. The first-order valence-electron chi connectivity index (χ1n) is 17.7. The molecule has 15 heteroatoms. The number of allylic oxidation sites excluding steroid dienone is 1. The van der Waals surface area contributed by atoms with E-state index in [1.807, 2.05) is 42.6 Å². The molecule has 8 rings (SSSR count). The molecule has 3 aliphatic rings. The van der Waals surface area contributed by atoms with Gasteiger partial charge in [0.1, 0.15) is 17.4 Å². The van der Waals surface area contributed by atoms with E-state index in [4.69, 9.17) is 15.7 Å². The van der Waals surface area contributed by atoms with E-state index >= 15 is 0 Å². The smallest absolute Gasteiger partial charge is 0.255 e. The van der Waals surface area contributed by atoms with Crippen molar-refractivity contribution in [2.24, 2.45) is 10.7 Å². The predicted octanol–water partition coefficient (Wildman–Crippen LogP) is 5.47. The molecule has 2 aromatic heterocycles. The lowest BCUT2D eigenvalue weighted by molar-refractivity contribution is -0.136. The Hall–Kier alpha value is -6.22. The summed E-state index contributed by atoms with van der Waals surface area (Å²) in [7, 11) is 0. The topological polar surface area (TPSA) is 184 Å². The third-order valence-electron chi connectivity index (χ3n) is 9.88. The third kappa shape index (κ3) is 7.22. The van der Waals surface area contributed by atoms with Gasteiger partial charge >= 0.3 is 0 Å². The number of carbonyl (C=O) groups excluding carboxylic acids is 3. The van der Waals surface area contributed by atoms with Crippen LogP contribution >= 0.6 is 15.9 Å². The molecule has 0 radical (unpaired) electrons. The number of aliphatic imine (C=N–C) groups is 1. The normalized spacial score (nSPS) is 18.0. The summed E-state index contributed by atoms with van der Waals surface area (Å²) in [6.07, 6.45) is 9.04. The van der Waals surface area contributed by atoms with Crippen molar-refractivity contribution in [1.29, 1.82) is 0 Å². The molecule has 2 saturated heterocycles. The lowest BCUT2D eigenvalue weighted by Crippen LogP contribution is -2.52. The highest BCUT2D eigenvalue weighted by atomic mass is 79.9. The molecule has 272 valence electrons. The summed E-state index contributed by atoms with van der Waals surface area (Å²) in [6, 6.07) is 20.6. The van der Waals surface area contributed by atoms with Crippen LogP contribution in [-0.4, -0.2) is 73.9 Å². The number of fused-ring (bicyclic) bond motifs is 2. The molecule has 0 saturated carbocycles. The van der Waals surface area contributed by atoms with Crippen molar-refractivity contribution in [3.8, 4) is 0 Å². The summed E-state index contributed by atoms with van der Waals surface area (Å²) < 4.78 is 0.879. The fourth-order valence-corrected chi connectivity index (χ4v) is 7.45. The van der Waals surface area contributed by atoms with E-state index in [-0.39, 0.29) is 30.8 Å². The summed E-state index contributed by atoms with van der Waals surface area (Å²) in [5.41, 5.74) is 12.9. The largest absolute Gasteiger partial charge is 0.404 e. The molecule has 1 unspecified atom stereocenters. The monoisotopic (exact) mass is 785 g/mol. The van der Waals surface area contributed by atoms with Gasteiger partial charge in [-0.2, -0.15) is 4.98 Å². The van der Waals surface area contributed by atoms with Gasteiger partial charge in [-0.3, -0.25) is 29.7 Å². The van der Waals surface area contributed by atoms with Gasteiger partial charge in [-0.25, -0.2) is 9.97 Å². The van der Waals surface area contributed by atoms with E-state index in [0.717, 1.165) is 63.9 Å². The highest BCUT2D eigenvalue weighted by Gasteiger charge is 2.40. The van der Waals surface area contributed by atoms with E-state index in [1.54, 1.807) is 30.6 Å². The Kier molecular flexibility index (Phi) is 9.69. The van der Waals surface area contributed by atoms with Gasteiger partial charge < -0.3 is 26.2 Å². The third-order valence-corrected chi connectivity index (χ3v) is 10.5. The number of benzene rings is 3. The predicted molar refractivity (Wildman–Crippen MR) is 211 cm³/mol. The van der Waals surface area contributed by atoms with Crippen LogP contribution in [0.25, 0.3) is 16.6 Å². The Morgan fingerprint density at radius 2 is 1.76 bits per heavy atom. The first kappa shape index (κ1) is 34.8. The molecule has 2 fully saturated rings. The van der Waals surface area contributed by atoms with Crippen molar-refractivity contribution in [3.05, 3.63) is 107 Å². The lowest BCUT2D eigenvalue weighted by atomic mass is 10.0. The van der Waals surface area contributed by atoms with Crippen molar-refractivity contribution in [1.82, 2.24) is 30.2 Å². The number of piperidine rings is 2. The minimum atomic E-state index is -0.683. The van der Waals surface area contributed by atoms with Crippen LogP contribution in [0.15, 0.2) is 94.8 Å². The molecule has 0 aliphatic carbocycles. The van der Waals surface area contributed by atoms with Crippen LogP contribution in [0.2, 0.25) is 0 Å². The highest BCUT2D eigenvalue weighted by molar-refractivity contribution is 9.10. The number of anilines is 5. The number of nitrogens with two attached hydrogens (primary N) is 1. The Bertz CT molecular complexity index is 2320. The van der Waals surface area contributed by atoms with Crippen molar-refractivity contribution < 1.29 is 14.4 Å². The Balaban J connectivity index is 0.863. The number of carbonyl (C=O) groups is 3. The first-order chi connectivity index (χ1) is 26.3. The molecular weight excluding hydrogens is 750 g/mol. The van der Waals surface area contributed by atoms with Crippen LogP contribution in [0.4, 0.5) is 28.8 Å². The minimum absolute atomic E-state index is 0.178. The molecule has 3 aromatic carbocycles. The van der Waals surface area contributed by atoms with Crippen molar-refractivity contribution in [2.45, 2.75) is 44.3 Å². The molecule has 54 heavy (non-hydrogen) atoms. The molecule has 3 aliphatic heterocycles. The summed E-state index contributed by atoms with van der Waals surface area (Å²) in [4.78, 5) is 64.5. The number of aromatic nitrogens is 4. The second-order valence-electron chi connectivity index (χ2n) is 13.3. The minimum Gasteiger partial charge on any atom is -0.404 e. The summed E-state index contributed by atoms with van der Waals surface area (Å²) >= 11 is 3.56. The number of hydrogen-bond donors (Lipinski definition) is 4. The maximum Gasteiger partial charge on any atom is 0.255 e. The number of rotatable bonds is 9. The van der Waals surface area contributed by atoms with Crippen LogP contribution in [0.3, 0.4) is 0 Å². The van der Waals surface area contributed by atoms with Gasteiger partial charge in [0.25, 0.3) is 5.91 Å². The van der Waals surface area contributed by atoms with E-state index in [0.29, 0.717) is 35.1 Å². The van der Waals surface area contributed by atoms with Crippen molar-refractivity contribution in [3.63, 3.8) is 0 Å². The van der Waals surface area contributed by atoms with Crippen molar-refractivity contribution in [2.75, 3.05) is 28.6 Å². The average molecular weight is 787 g/mol. The van der Waals surface area contributed by atoms with Crippen LogP contribution < -0.4 is 26.6 Å². The zero-order chi connectivity index (χ0) is 37.2. The second-order valence-corrected chi connectivity index (χ2v) is 14.1. The number of amides is 3. The zero-order valence-corrected chi connectivity index (χ0v) is 30.7. The second kappa shape index (κ2) is 15.0. The number of halogens is 1.